The van der Waals surface area contributed by atoms with Crippen molar-refractivity contribution in [1.82, 2.24) is 20.2 Å². The third-order valence-electron chi connectivity index (χ3n) is 5.60. The fraction of sp³-hybridized carbons (Fsp3) is 0.476. The Kier molecular flexibility index (Phi) is 5.07. The fourth-order valence-corrected chi connectivity index (χ4v) is 3.72. The van der Waals surface area contributed by atoms with E-state index in [9.17, 15) is 9.59 Å². The van der Waals surface area contributed by atoms with Crippen molar-refractivity contribution in [2.75, 3.05) is 19.6 Å². The van der Waals surface area contributed by atoms with Gasteiger partial charge in [-0.2, -0.15) is 0 Å². The van der Waals surface area contributed by atoms with E-state index in [4.69, 9.17) is 0 Å². The maximum absolute atomic E-state index is 12.4. The van der Waals surface area contributed by atoms with Gasteiger partial charge >= 0.3 is 0 Å². The second kappa shape index (κ2) is 7.64. The largest absolute Gasteiger partial charge is 0.351 e. The zero-order chi connectivity index (χ0) is 18.8. The Hall–Kier alpha value is -2.47. The number of aromatic nitrogens is 2. The Morgan fingerprint density at radius 1 is 1.30 bits per heavy atom. The normalized spacial score (nSPS) is 20.0. The smallest absolute Gasteiger partial charge is 0.263 e. The molecule has 142 valence electrons. The number of H-pyrrole nitrogens is 1. The molecule has 2 aromatic rings. The first kappa shape index (κ1) is 17.9. The SMILES string of the molecule is Cc1ccccc1CN1CCC(CNC(=O)c2cnc(C3CC3)[nH]c2=O)C1. The summed E-state index contributed by atoms with van der Waals surface area (Å²) in [5, 5.41) is 2.92. The highest BCUT2D eigenvalue weighted by molar-refractivity contribution is 5.93. The van der Waals surface area contributed by atoms with Gasteiger partial charge in [0.1, 0.15) is 11.4 Å². The number of rotatable bonds is 6. The van der Waals surface area contributed by atoms with E-state index < -0.39 is 0 Å². The summed E-state index contributed by atoms with van der Waals surface area (Å²) in [6.07, 6.45) is 4.60. The quantitative estimate of drug-likeness (QED) is 0.822. The molecular formula is C21H26N4O2. The Morgan fingerprint density at radius 3 is 2.85 bits per heavy atom. The van der Waals surface area contributed by atoms with Crippen molar-refractivity contribution >= 4 is 5.91 Å². The third-order valence-corrected chi connectivity index (χ3v) is 5.60. The molecule has 1 aliphatic heterocycles. The molecule has 2 heterocycles. The van der Waals surface area contributed by atoms with Crippen LogP contribution in [0.3, 0.4) is 0 Å². The summed E-state index contributed by atoms with van der Waals surface area (Å²) in [4.78, 5) is 33.9. The van der Waals surface area contributed by atoms with Gasteiger partial charge in [0.25, 0.3) is 11.5 Å². The molecule has 1 saturated heterocycles. The van der Waals surface area contributed by atoms with Crippen molar-refractivity contribution in [3.05, 3.63) is 63.3 Å². The number of nitrogens with one attached hydrogen (secondary N) is 2. The molecule has 0 spiro atoms. The van der Waals surface area contributed by atoms with Crippen molar-refractivity contribution in [3.63, 3.8) is 0 Å². The topological polar surface area (TPSA) is 78.1 Å². The summed E-state index contributed by atoms with van der Waals surface area (Å²) in [6, 6.07) is 8.46. The first-order valence-electron chi connectivity index (χ1n) is 9.74. The lowest BCUT2D eigenvalue weighted by atomic mass is 10.1. The van der Waals surface area contributed by atoms with E-state index in [-0.39, 0.29) is 17.0 Å². The van der Waals surface area contributed by atoms with Crippen LogP contribution in [0.15, 0.2) is 35.3 Å². The van der Waals surface area contributed by atoms with Gasteiger partial charge in [0, 0.05) is 31.7 Å². The molecule has 6 heteroatoms. The molecular weight excluding hydrogens is 340 g/mol. The Labute approximate surface area is 159 Å². The van der Waals surface area contributed by atoms with E-state index in [2.05, 4.69) is 51.4 Å². The van der Waals surface area contributed by atoms with Gasteiger partial charge in [-0.15, -0.1) is 0 Å². The number of carbonyl (C=O) groups is 1. The molecule has 6 nitrogen and oxygen atoms in total. The average molecular weight is 366 g/mol. The molecule has 1 unspecified atom stereocenters. The van der Waals surface area contributed by atoms with Gasteiger partial charge in [-0.05, 0) is 49.8 Å². The summed E-state index contributed by atoms with van der Waals surface area (Å²) in [6.45, 7) is 5.68. The number of carbonyl (C=O) groups excluding carboxylic acids is 1. The van der Waals surface area contributed by atoms with Crippen molar-refractivity contribution < 1.29 is 4.79 Å². The van der Waals surface area contributed by atoms with Crippen LogP contribution < -0.4 is 10.9 Å². The molecule has 1 saturated carbocycles. The number of nitrogens with zero attached hydrogens (tertiary/aromatic N) is 2. The molecule has 27 heavy (non-hydrogen) atoms. The number of aromatic amines is 1. The summed E-state index contributed by atoms with van der Waals surface area (Å²) < 4.78 is 0. The maximum Gasteiger partial charge on any atom is 0.263 e. The van der Waals surface area contributed by atoms with Crippen LogP contribution >= 0.6 is 0 Å². The molecule has 2 fully saturated rings. The van der Waals surface area contributed by atoms with Crippen LogP contribution in [0, 0.1) is 12.8 Å². The lowest BCUT2D eigenvalue weighted by Crippen LogP contribution is -2.34. The van der Waals surface area contributed by atoms with Crippen LogP contribution in [0.5, 0.6) is 0 Å². The van der Waals surface area contributed by atoms with Gasteiger partial charge in [0.05, 0.1) is 0 Å². The molecule has 0 radical (unpaired) electrons. The van der Waals surface area contributed by atoms with E-state index in [1.54, 1.807) is 0 Å². The predicted octanol–water partition coefficient (Wildman–Crippen LogP) is 2.21. The number of aryl methyl sites for hydroxylation is 1. The van der Waals surface area contributed by atoms with Gasteiger partial charge in [0.2, 0.25) is 0 Å². The third kappa shape index (κ3) is 4.27. The van der Waals surface area contributed by atoms with Crippen LogP contribution in [0.1, 0.15) is 52.5 Å². The molecule has 1 aromatic heterocycles. The van der Waals surface area contributed by atoms with E-state index in [1.807, 2.05) is 0 Å². The predicted molar refractivity (Wildman–Crippen MR) is 104 cm³/mol. The second-order valence-corrected chi connectivity index (χ2v) is 7.81. The zero-order valence-corrected chi connectivity index (χ0v) is 15.7. The first-order chi connectivity index (χ1) is 13.1. The minimum Gasteiger partial charge on any atom is -0.351 e. The van der Waals surface area contributed by atoms with Crippen LogP contribution in [0.2, 0.25) is 0 Å². The number of amides is 1. The summed E-state index contributed by atoms with van der Waals surface area (Å²) in [5.41, 5.74) is 2.44. The molecule has 1 amide bonds. The molecule has 0 bridgehead atoms. The van der Waals surface area contributed by atoms with Gasteiger partial charge in [-0.3, -0.25) is 14.5 Å². The number of benzene rings is 1. The fourth-order valence-electron chi connectivity index (χ4n) is 3.72. The van der Waals surface area contributed by atoms with Gasteiger partial charge in [0.15, 0.2) is 0 Å². The Bertz CT molecular complexity index is 888. The van der Waals surface area contributed by atoms with Crippen LogP contribution in [0.25, 0.3) is 0 Å². The summed E-state index contributed by atoms with van der Waals surface area (Å²) in [7, 11) is 0. The lowest BCUT2D eigenvalue weighted by Gasteiger charge is -2.17. The number of likely N-dealkylation sites (tertiary alicyclic amines) is 1. The van der Waals surface area contributed by atoms with Gasteiger partial charge in [-0.1, -0.05) is 24.3 Å². The van der Waals surface area contributed by atoms with E-state index >= 15 is 0 Å². The second-order valence-electron chi connectivity index (χ2n) is 7.81. The highest BCUT2D eigenvalue weighted by Crippen LogP contribution is 2.37. The van der Waals surface area contributed by atoms with Gasteiger partial charge in [-0.25, -0.2) is 4.98 Å². The maximum atomic E-state index is 12.4. The van der Waals surface area contributed by atoms with Crippen molar-refractivity contribution in [2.24, 2.45) is 5.92 Å². The molecule has 4 rings (SSSR count). The summed E-state index contributed by atoms with van der Waals surface area (Å²) in [5.74, 6) is 1.16. The van der Waals surface area contributed by atoms with Crippen LogP contribution in [-0.2, 0) is 6.54 Å². The molecule has 1 atom stereocenters. The number of hydrogen-bond donors (Lipinski definition) is 2. The van der Waals surface area contributed by atoms with E-state index in [0.717, 1.165) is 38.9 Å². The lowest BCUT2D eigenvalue weighted by molar-refractivity contribution is 0.0945. The molecule has 1 aromatic carbocycles. The van der Waals surface area contributed by atoms with Crippen LogP contribution in [-0.4, -0.2) is 40.4 Å². The van der Waals surface area contributed by atoms with Crippen molar-refractivity contribution in [1.29, 1.82) is 0 Å². The first-order valence-corrected chi connectivity index (χ1v) is 9.74. The zero-order valence-electron chi connectivity index (χ0n) is 15.7. The Morgan fingerprint density at radius 2 is 2.11 bits per heavy atom. The monoisotopic (exact) mass is 366 g/mol. The molecule has 1 aliphatic carbocycles. The average Bonchev–Trinajstić information content (AvgIpc) is 3.42. The molecule has 2 aliphatic rings. The molecule has 2 N–H and O–H groups in total. The highest BCUT2D eigenvalue weighted by atomic mass is 16.2. The standard InChI is InChI=1S/C21H26N4O2/c1-14-4-2-3-5-17(14)13-25-9-8-15(12-25)10-23-20(26)18-11-22-19(16-6-7-16)24-21(18)27/h2-5,11,15-16H,6-10,12-13H2,1H3,(H,23,26)(H,22,24,27). The number of hydrogen-bond acceptors (Lipinski definition) is 4. The van der Waals surface area contributed by atoms with Crippen molar-refractivity contribution in [3.8, 4) is 0 Å². The van der Waals surface area contributed by atoms with Crippen molar-refractivity contribution in [2.45, 2.75) is 38.6 Å². The van der Waals surface area contributed by atoms with E-state index in [0.29, 0.717) is 24.2 Å². The van der Waals surface area contributed by atoms with Gasteiger partial charge < -0.3 is 10.3 Å². The van der Waals surface area contributed by atoms with E-state index in [1.165, 1.54) is 17.3 Å². The minimum atomic E-state index is -0.336. The van der Waals surface area contributed by atoms with Crippen LogP contribution in [0.4, 0.5) is 0 Å². The summed E-state index contributed by atoms with van der Waals surface area (Å²) >= 11 is 0. The Balaban J connectivity index is 1.28. The highest BCUT2D eigenvalue weighted by Gasteiger charge is 2.27. The minimum absolute atomic E-state index is 0.106.